The van der Waals surface area contributed by atoms with Crippen molar-refractivity contribution in [2.75, 3.05) is 5.32 Å². The van der Waals surface area contributed by atoms with Gasteiger partial charge in [0.25, 0.3) is 0 Å². The van der Waals surface area contributed by atoms with Gasteiger partial charge in [0.2, 0.25) is 5.95 Å². The van der Waals surface area contributed by atoms with E-state index in [-0.39, 0.29) is 11.8 Å². The number of carbonyl (C=O) groups excluding carboxylic acids is 1. The standard InChI is InChI=1S/C20H17N5O/c26-16-10-4-9-15-17(16)18(14-8-5-11-21-12-14)25-20(22-15)23-19(24-25)13-6-2-1-3-7-13/h1-3,5-8,11-12,18H,4,9-10H2,(H,22,23,24)/t18-/m0/s1. The van der Waals surface area contributed by atoms with Gasteiger partial charge in [0.15, 0.2) is 11.6 Å². The number of Topliss-reactive ketones (excluding diaryl/α,β-unsaturated/α-hetero) is 1. The lowest BCUT2D eigenvalue weighted by atomic mass is 9.86. The van der Waals surface area contributed by atoms with Gasteiger partial charge in [-0.3, -0.25) is 9.78 Å². The van der Waals surface area contributed by atoms with Crippen molar-refractivity contribution in [2.45, 2.75) is 25.3 Å². The average Bonchev–Trinajstić information content (AvgIpc) is 3.12. The monoisotopic (exact) mass is 343 g/mol. The normalized spacial score (nSPS) is 18.9. The third kappa shape index (κ3) is 2.34. The van der Waals surface area contributed by atoms with Crippen LogP contribution < -0.4 is 5.32 Å². The van der Waals surface area contributed by atoms with E-state index >= 15 is 0 Å². The van der Waals surface area contributed by atoms with Crippen LogP contribution in [0.3, 0.4) is 0 Å². The number of pyridine rings is 1. The first-order chi connectivity index (χ1) is 12.8. The molecule has 3 aromatic rings. The summed E-state index contributed by atoms with van der Waals surface area (Å²) in [5, 5.41) is 8.08. The number of hydrogen-bond acceptors (Lipinski definition) is 5. The fourth-order valence-electron chi connectivity index (χ4n) is 3.71. The van der Waals surface area contributed by atoms with Crippen LogP contribution in [-0.4, -0.2) is 25.5 Å². The molecule has 3 heterocycles. The molecule has 2 aromatic heterocycles. The van der Waals surface area contributed by atoms with Crippen molar-refractivity contribution in [1.82, 2.24) is 19.7 Å². The van der Waals surface area contributed by atoms with Gasteiger partial charge in [0, 0.05) is 35.6 Å². The maximum Gasteiger partial charge on any atom is 0.226 e. The molecule has 128 valence electrons. The average molecular weight is 343 g/mol. The Hall–Kier alpha value is -3.28. The molecule has 1 aromatic carbocycles. The van der Waals surface area contributed by atoms with Crippen LogP contribution in [0.25, 0.3) is 11.4 Å². The molecule has 0 bridgehead atoms. The SMILES string of the molecule is O=C1CCCC2=C1[C@H](c1cccnc1)n1nc(-c3ccccc3)nc1N2. The first-order valence-electron chi connectivity index (χ1n) is 8.76. The van der Waals surface area contributed by atoms with E-state index in [1.807, 2.05) is 47.1 Å². The molecule has 0 fully saturated rings. The fourth-order valence-corrected chi connectivity index (χ4v) is 3.71. The topological polar surface area (TPSA) is 72.7 Å². The largest absolute Gasteiger partial charge is 0.328 e. The summed E-state index contributed by atoms with van der Waals surface area (Å²) in [5.41, 5.74) is 3.66. The number of allylic oxidation sites excluding steroid dienone is 2. The minimum Gasteiger partial charge on any atom is -0.328 e. The first kappa shape index (κ1) is 15.0. The smallest absolute Gasteiger partial charge is 0.226 e. The summed E-state index contributed by atoms with van der Waals surface area (Å²) in [6, 6.07) is 13.5. The number of aromatic nitrogens is 4. The molecular weight excluding hydrogens is 326 g/mol. The molecule has 6 heteroatoms. The zero-order valence-electron chi connectivity index (χ0n) is 14.1. The molecule has 26 heavy (non-hydrogen) atoms. The van der Waals surface area contributed by atoms with Crippen LogP contribution in [0.4, 0.5) is 5.95 Å². The van der Waals surface area contributed by atoms with Gasteiger partial charge in [-0.2, -0.15) is 4.98 Å². The summed E-state index contributed by atoms with van der Waals surface area (Å²) in [6.45, 7) is 0. The Morgan fingerprint density at radius 3 is 2.77 bits per heavy atom. The predicted octanol–water partition coefficient (Wildman–Crippen LogP) is 3.36. The van der Waals surface area contributed by atoms with Gasteiger partial charge in [0.05, 0.1) is 0 Å². The number of nitrogens with zero attached hydrogens (tertiary/aromatic N) is 4. The highest BCUT2D eigenvalue weighted by Crippen LogP contribution is 2.40. The van der Waals surface area contributed by atoms with E-state index in [2.05, 4.69) is 15.3 Å². The van der Waals surface area contributed by atoms with Crippen molar-refractivity contribution >= 4 is 11.7 Å². The lowest BCUT2D eigenvalue weighted by molar-refractivity contribution is -0.116. The molecule has 6 nitrogen and oxygen atoms in total. The van der Waals surface area contributed by atoms with Crippen LogP contribution in [0.5, 0.6) is 0 Å². The number of carbonyl (C=O) groups is 1. The minimum atomic E-state index is -0.285. The maximum absolute atomic E-state index is 12.7. The Bertz CT molecular complexity index is 1010. The second-order valence-electron chi connectivity index (χ2n) is 6.55. The van der Waals surface area contributed by atoms with Gasteiger partial charge in [-0.15, -0.1) is 5.10 Å². The second-order valence-corrected chi connectivity index (χ2v) is 6.55. The zero-order valence-corrected chi connectivity index (χ0v) is 14.1. The molecule has 0 radical (unpaired) electrons. The van der Waals surface area contributed by atoms with Crippen molar-refractivity contribution in [2.24, 2.45) is 0 Å². The maximum atomic E-state index is 12.7. The van der Waals surface area contributed by atoms with E-state index in [0.717, 1.165) is 35.2 Å². The Labute approximate surface area is 150 Å². The number of anilines is 1. The summed E-state index contributed by atoms with van der Waals surface area (Å²) in [4.78, 5) is 21.7. The molecule has 0 unspecified atom stereocenters. The van der Waals surface area contributed by atoms with Crippen molar-refractivity contribution in [3.8, 4) is 11.4 Å². The van der Waals surface area contributed by atoms with Crippen LogP contribution in [0, 0.1) is 0 Å². The van der Waals surface area contributed by atoms with E-state index in [1.54, 1.807) is 12.4 Å². The van der Waals surface area contributed by atoms with E-state index in [1.165, 1.54) is 0 Å². The molecule has 0 amide bonds. The van der Waals surface area contributed by atoms with Crippen LogP contribution in [0.15, 0.2) is 66.1 Å². The van der Waals surface area contributed by atoms with Crippen molar-refractivity contribution in [3.63, 3.8) is 0 Å². The third-order valence-corrected chi connectivity index (χ3v) is 4.90. The van der Waals surface area contributed by atoms with Crippen LogP contribution >= 0.6 is 0 Å². The number of ketones is 1. The van der Waals surface area contributed by atoms with Gasteiger partial charge in [-0.25, -0.2) is 4.68 Å². The molecule has 5 rings (SSSR count). The first-order valence-corrected chi connectivity index (χ1v) is 8.76. The van der Waals surface area contributed by atoms with E-state index < -0.39 is 0 Å². The summed E-state index contributed by atoms with van der Waals surface area (Å²) >= 11 is 0. The Morgan fingerprint density at radius 2 is 1.96 bits per heavy atom. The molecular formula is C20H17N5O. The number of benzene rings is 1. The molecule has 1 aliphatic carbocycles. The lowest BCUT2D eigenvalue weighted by Crippen LogP contribution is -2.31. The van der Waals surface area contributed by atoms with Crippen molar-refractivity contribution in [1.29, 1.82) is 0 Å². The number of fused-ring (bicyclic) bond motifs is 1. The highest BCUT2D eigenvalue weighted by Gasteiger charge is 2.36. The fraction of sp³-hybridized carbons (Fsp3) is 0.200. The van der Waals surface area contributed by atoms with Gasteiger partial charge in [-0.05, 0) is 24.5 Å². The Kier molecular flexibility index (Phi) is 3.41. The third-order valence-electron chi connectivity index (χ3n) is 4.90. The molecule has 0 saturated heterocycles. The summed E-state index contributed by atoms with van der Waals surface area (Å²) in [7, 11) is 0. The molecule has 1 atom stereocenters. The molecule has 1 N–H and O–H groups in total. The van der Waals surface area contributed by atoms with E-state index in [4.69, 9.17) is 5.10 Å². The minimum absolute atomic E-state index is 0.176. The zero-order chi connectivity index (χ0) is 17.5. The van der Waals surface area contributed by atoms with Gasteiger partial charge in [0.1, 0.15) is 6.04 Å². The van der Waals surface area contributed by atoms with E-state index in [9.17, 15) is 4.79 Å². The molecule has 0 saturated carbocycles. The van der Waals surface area contributed by atoms with E-state index in [0.29, 0.717) is 18.2 Å². The van der Waals surface area contributed by atoms with Gasteiger partial charge in [-0.1, -0.05) is 36.4 Å². The molecule has 1 aliphatic heterocycles. The number of nitrogens with one attached hydrogen (secondary N) is 1. The molecule has 0 spiro atoms. The summed E-state index contributed by atoms with van der Waals surface area (Å²) < 4.78 is 1.82. The van der Waals surface area contributed by atoms with Crippen LogP contribution in [-0.2, 0) is 4.79 Å². The Morgan fingerprint density at radius 1 is 1.08 bits per heavy atom. The number of rotatable bonds is 2. The quantitative estimate of drug-likeness (QED) is 0.772. The number of hydrogen-bond donors (Lipinski definition) is 1. The highest BCUT2D eigenvalue weighted by molar-refractivity contribution is 5.99. The predicted molar refractivity (Wildman–Crippen MR) is 97.3 cm³/mol. The lowest BCUT2D eigenvalue weighted by Gasteiger charge is -2.31. The van der Waals surface area contributed by atoms with Crippen LogP contribution in [0.1, 0.15) is 30.9 Å². The van der Waals surface area contributed by atoms with Crippen LogP contribution in [0.2, 0.25) is 0 Å². The van der Waals surface area contributed by atoms with Crippen molar-refractivity contribution in [3.05, 3.63) is 71.7 Å². The highest BCUT2D eigenvalue weighted by atomic mass is 16.1. The Balaban J connectivity index is 1.69. The summed E-state index contributed by atoms with van der Waals surface area (Å²) in [6.07, 6.45) is 5.83. The second kappa shape index (κ2) is 5.91. The summed E-state index contributed by atoms with van der Waals surface area (Å²) in [5.74, 6) is 1.50. The molecule has 2 aliphatic rings. The van der Waals surface area contributed by atoms with Gasteiger partial charge >= 0.3 is 0 Å². The van der Waals surface area contributed by atoms with Crippen molar-refractivity contribution < 1.29 is 4.79 Å². The van der Waals surface area contributed by atoms with Gasteiger partial charge < -0.3 is 5.32 Å².